The minimum atomic E-state index is 0.386. The lowest BCUT2D eigenvalue weighted by Gasteiger charge is -2.05. The third kappa shape index (κ3) is 4.47. The SMILES string of the molecule is [CH2]COCC(S)CC. The van der Waals surface area contributed by atoms with Crippen LogP contribution in [0.2, 0.25) is 0 Å². The van der Waals surface area contributed by atoms with E-state index in [9.17, 15) is 0 Å². The van der Waals surface area contributed by atoms with E-state index in [1.54, 1.807) is 0 Å². The van der Waals surface area contributed by atoms with Crippen molar-refractivity contribution in [3.05, 3.63) is 6.92 Å². The predicted octanol–water partition coefficient (Wildman–Crippen LogP) is 1.55. The molecule has 0 saturated heterocycles. The summed E-state index contributed by atoms with van der Waals surface area (Å²) < 4.78 is 5.00. The molecule has 0 spiro atoms. The van der Waals surface area contributed by atoms with Crippen LogP contribution in [0.5, 0.6) is 0 Å². The van der Waals surface area contributed by atoms with Gasteiger partial charge in [0, 0.05) is 11.9 Å². The summed E-state index contributed by atoms with van der Waals surface area (Å²) in [5.74, 6) is 0. The fourth-order valence-corrected chi connectivity index (χ4v) is 0.443. The zero-order valence-electron chi connectivity index (χ0n) is 5.26. The van der Waals surface area contributed by atoms with Crippen LogP contribution in [0.1, 0.15) is 13.3 Å². The molecule has 1 nitrogen and oxygen atoms in total. The van der Waals surface area contributed by atoms with E-state index in [0.29, 0.717) is 11.9 Å². The van der Waals surface area contributed by atoms with Crippen molar-refractivity contribution in [2.75, 3.05) is 13.2 Å². The molecule has 1 radical (unpaired) electrons. The van der Waals surface area contributed by atoms with Crippen LogP contribution in [0.25, 0.3) is 0 Å². The minimum Gasteiger partial charge on any atom is -0.380 e. The molecule has 0 bridgehead atoms. The quantitative estimate of drug-likeness (QED) is 0.572. The van der Waals surface area contributed by atoms with E-state index >= 15 is 0 Å². The molecule has 0 aliphatic rings. The molecule has 0 aliphatic carbocycles. The van der Waals surface area contributed by atoms with Crippen LogP contribution in [0.15, 0.2) is 0 Å². The fraction of sp³-hybridized carbons (Fsp3) is 0.833. The van der Waals surface area contributed by atoms with Gasteiger partial charge in [0.05, 0.1) is 6.61 Å². The van der Waals surface area contributed by atoms with Gasteiger partial charge in [-0.2, -0.15) is 12.6 Å². The molecule has 0 amide bonds. The molecule has 0 aromatic rings. The number of ether oxygens (including phenoxy) is 1. The molecular weight excluding hydrogens is 120 g/mol. The van der Waals surface area contributed by atoms with E-state index in [1.165, 1.54) is 0 Å². The second-order valence-electron chi connectivity index (χ2n) is 1.64. The average molecular weight is 133 g/mol. The van der Waals surface area contributed by atoms with Crippen LogP contribution in [-0.2, 0) is 4.74 Å². The van der Waals surface area contributed by atoms with Gasteiger partial charge in [-0.15, -0.1) is 0 Å². The number of thiol groups is 1. The Labute approximate surface area is 56.8 Å². The molecule has 2 heteroatoms. The van der Waals surface area contributed by atoms with Crippen LogP contribution in [0.3, 0.4) is 0 Å². The Hall–Kier alpha value is 0.310. The van der Waals surface area contributed by atoms with Crippen LogP contribution < -0.4 is 0 Å². The first kappa shape index (κ1) is 8.31. The number of hydrogen-bond donors (Lipinski definition) is 1. The van der Waals surface area contributed by atoms with Gasteiger partial charge in [0.1, 0.15) is 0 Å². The molecule has 8 heavy (non-hydrogen) atoms. The highest BCUT2D eigenvalue weighted by atomic mass is 32.1. The maximum atomic E-state index is 5.00. The van der Waals surface area contributed by atoms with Gasteiger partial charge in [0.25, 0.3) is 0 Å². The maximum absolute atomic E-state index is 5.00. The van der Waals surface area contributed by atoms with Crippen molar-refractivity contribution < 1.29 is 4.74 Å². The maximum Gasteiger partial charge on any atom is 0.0582 e. The lowest BCUT2D eigenvalue weighted by Crippen LogP contribution is -2.07. The Kier molecular flexibility index (Phi) is 5.66. The highest BCUT2D eigenvalue weighted by Crippen LogP contribution is 1.99. The molecule has 0 saturated carbocycles. The van der Waals surface area contributed by atoms with Crippen molar-refractivity contribution in [2.45, 2.75) is 18.6 Å². The first-order valence-corrected chi connectivity index (χ1v) is 3.38. The van der Waals surface area contributed by atoms with E-state index in [1.807, 2.05) is 0 Å². The molecule has 0 rings (SSSR count). The molecule has 0 aromatic carbocycles. The largest absolute Gasteiger partial charge is 0.380 e. The monoisotopic (exact) mass is 133 g/mol. The predicted molar refractivity (Wildman–Crippen MR) is 39.2 cm³/mol. The normalized spacial score (nSPS) is 13.9. The van der Waals surface area contributed by atoms with Gasteiger partial charge < -0.3 is 4.74 Å². The zero-order chi connectivity index (χ0) is 6.41. The molecule has 1 unspecified atom stereocenters. The summed E-state index contributed by atoms with van der Waals surface area (Å²) in [6.45, 7) is 6.90. The number of hydrogen-bond acceptors (Lipinski definition) is 2. The highest BCUT2D eigenvalue weighted by Gasteiger charge is 1.95. The van der Waals surface area contributed by atoms with E-state index in [2.05, 4.69) is 26.5 Å². The summed E-state index contributed by atoms with van der Waals surface area (Å²) >= 11 is 4.21. The first-order valence-electron chi connectivity index (χ1n) is 2.86. The van der Waals surface area contributed by atoms with Crippen LogP contribution in [-0.4, -0.2) is 18.5 Å². The Balaban J connectivity index is 2.86. The van der Waals surface area contributed by atoms with Crippen molar-refractivity contribution in [1.82, 2.24) is 0 Å². The van der Waals surface area contributed by atoms with Gasteiger partial charge >= 0.3 is 0 Å². The molecule has 0 heterocycles. The van der Waals surface area contributed by atoms with Gasteiger partial charge in [0.2, 0.25) is 0 Å². The smallest absolute Gasteiger partial charge is 0.0582 e. The van der Waals surface area contributed by atoms with Crippen molar-refractivity contribution >= 4 is 12.6 Å². The van der Waals surface area contributed by atoms with E-state index in [0.717, 1.165) is 13.0 Å². The number of rotatable bonds is 4. The second kappa shape index (κ2) is 5.45. The molecule has 0 aromatic heterocycles. The lowest BCUT2D eigenvalue weighted by atomic mass is 10.3. The summed E-state index contributed by atoms with van der Waals surface area (Å²) in [5.41, 5.74) is 0. The third-order valence-corrected chi connectivity index (χ3v) is 1.44. The van der Waals surface area contributed by atoms with Crippen LogP contribution in [0, 0.1) is 6.92 Å². The molecule has 49 valence electrons. The Bertz CT molecular complexity index is 47.8. The highest BCUT2D eigenvalue weighted by molar-refractivity contribution is 7.81. The van der Waals surface area contributed by atoms with Crippen molar-refractivity contribution in [1.29, 1.82) is 0 Å². The summed E-state index contributed by atoms with van der Waals surface area (Å²) in [6, 6.07) is 0. The van der Waals surface area contributed by atoms with E-state index in [-0.39, 0.29) is 0 Å². The third-order valence-electron chi connectivity index (χ3n) is 0.926. The average Bonchev–Trinajstić information content (AvgIpc) is 1.83. The van der Waals surface area contributed by atoms with E-state index in [4.69, 9.17) is 4.74 Å². The molecule has 0 N–H and O–H groups in total. The Morgan fingerprint density at radius 2 is 2.38 bits per heavy atom. The fourth-order valence-electron chi connectivity index (χ4n) is 0.337. The van der Waals surface area contributed by atoms with Crippen molar-refractivity contribution in [3.8, 4) is 0 Å². The Morgan fingerprint density at radius 1 is 1.75 bits per heavy atom. The van der Waals surface area contributed by atoms with Crippen LogP contribution in [0.4, 0.5) is 0 Å². The van der Waals surface area contributed by atoms with Crippen molar-refractivity contribution in [3.63, 3.8) is 0 Å². The standard InChI is InChI=1S/C6H13OS/c1-3-6(8)5-7-4-2/h6,8H,2-5H2,1H3. The summed E-state index contributed by atoms with van der Waals surface area (Å²) in [4.78, 5) is 0. The molecular formula is C6H13OS. The molecule has 0 fully saturated rings. The molecule has 0 aliphatic heterocycles. The van der Waals surface area contributed by atoms with Crippen LogP contribution >= 0.6 is 12.6 Å². The Morgan fingerprint density at radius 3 is 2.75 bits per heavy atom. The zero-order valence-corrected chi connectivity index (χ0v) is 6.16. The van der Waals surface area contributed by atoms with Gasteiger partial charge in [-0.25, -0.2) is 0 Å². The summed E-state index contributed by atoms with van der Waals surface area (Å²) in [6.07, 6.45) is 1.06. The van der Waals surface area contributed by atoms with Gasteiger partial charge in [-0.05, 0) is 13.3 Å². The topological polar surface area (TPSA) is 9.23 Å². The van der Waals surface area contributed by atoms with Crippen molar-refractivity contribution in [2.24, 2.45) is 0 Å². The minimum absolute atomic E-state index is 0.386. The van der Waals surface area contributed by atoms with Gasteiger partial charge in [0.15, 0.2) is 0 Å². The van der Waals surface area contributed by atoms with E-state index < -0.39 is 0 Å². The lowest BCUT2D eigenvalue weighted by molar-refractivity contribution is 0.161. The summed E-state index contributed by atoms with van der Waals surface area (Å²) in [7, 11) is 0. The van der Waals surface area contributed by atoms with Gasteiger partial charge in [-0.3, -0.25) is 0 Å². The second-order valence-corrected chi connectivity index (χ2v) is 2.37. The first-order chi connectivity index (χ1) is 3.81. The summed E-state index contributed by atoms with van der Waals surface area (Å²) in [5, 5.41) is 0.386. The van der Waals surface area contributed by atoms with Gasteiger partial charge in [-0.1, -0.05) is 6.92 Å². The molecule has 1 atom stereocenters.